The number of aliphatic hydroxyl groups excluding tert-OH is 1. The molecular formula is C17H25NO. The quantitative estimate of drug-likeness (QED) is 0.870. The van der Waals surface area contributed by atoms with Crippen LogP contribution in [0.25, 0.3) is 0 Å². The molecule has 3 rings (SSSR count). The third kappa shape index (κ3) is 2.70. The molecule has 2 aliphatic carbocycles. The first-order chi connectivity index (χ1) is 9.28. The Hall–Kier alpha value is -0.860. The molecule has 3 atom stereocenters. The van der Waals surface area contributed by atoms with Crippen molar-refractivity contribution in [1.29, 1.82) is 0 Å². The van der Waals surface area contributed by atoms with Gasteiger partial charge < -0.3 is 10.4 Å². The highest BCUT2D eigenvalue weighted by Crippen LogP contribution is 2.39. The van der Waals surface area contributed by atoms with E-state index in [2.05, 4.69) is 36.5 Å². The number of nitrogens with one attached hydrogen (secondary N) is 1. The Morgan fingerprint density at radius 3 is 2.26 bits per heavy atom. The van der Waals surface area contributed by atoms with Gasteiger partial charge in [0.2, 0.25) is 0 Å². The van der Waals surface area contributed by atoms with Gasteiger partial charge in [-0.25, -0.2) is 0 Å². The molecular weight excluding hydrogens is 234 g/mol. The molecule has 2 nitrogen and oxygen atoms in total. The number of fused-ring (bicyclic) bond motifs is 3. The number of hydrogen-bond donors (Lipinski definition) is 2. The molecule has 19 heavy (non-hydrogen) atoms. The lowest BCUT2D eigenvalue weighted by atomic mass is 9.94. The Labute approximate surface area is 116 Å². The zero-order valence-corrected chi connectivity index (χ0v) is 11.8. The fourth-order valence-corrected chi connectivity index (χ4v) is 3.89. The maximum absolute atomic E-state index is 9.17. The van der Waals surface area contributed by atoms with Crippen LogP contribution in [0.2, 0.25) is 0 Å². The fourth-order valence-electron chi connectivity index (χ4n) is 3.89. The minimum absolute atomic E-state index is 0.287. The van der Waals surface area contributed by atoms with Crippen LogP contribution in [-0.2, 0) is 12.8 Å². The van der Waals surface area contributed by atoms with Crippen molar-refractivity contribution in [2.24, 2.45) is 17.8 Å². The zero-order chi connectivity index (χ0) is 13.2. The summed E-state index contributed by atoms with van der Waals surface area (Å²) in [7, 11) is 0. The van der Waals surface area contributed by atoms with Crippen LogP contribution in [0.3, 0.4) is 0 Å². The molecule has 0 spiro atoms. The van der Waals surface area contributed by atoms with Gasteiger partial charge in [-0.3, -0.25) is 0 Å². The Kier molecular flexibility index (Phi) is 3.90. The number of aliphatic hydroxyl groups is 1. The predicted octanol–water partition coefficient (Wildman–Crippen LogP) is 2.40. The van der Waals surface area contributed by atoms with Crippen LogP contribution in [0.1, 0.15) is 30.9 Å². The molecule has 2 aliphatic rings. The van der Waals surface area contributed by atoms with Gasteiger partial charge in [-0.15, -0.1) is 0 Å². The summed E-state index contributed by atoms with van der Waals surface area (Å²) in [5, 5.41) is 12.9. The van der Waals surface area contributed by atoms with Gasteiger partial charge in [0.25, 0.3) is 0 Å². The second-order valence-corrected chi connectivity index (χ2v) is 6.50. The van der Waals surface area contributed by atoms with Crippen LogP contribution >= 0.6 is 0 Å². The van der Waals surface area contributed by atoms with E-state index in [-0.39, 0.29) is 6.61 Å². The average molecular weight is 259 g/mol. The SMILES string of the molecule is CC(CO)CNC1C2CCC1Cc1ccccc1C2. The van der Waals surface area contributed by atoms with Crippen LogP contribution in [-0.4, -0.2) is 24.3 Å². The smallest absolute Gasteiger partial charge is 0.0468 e. The molecule has 3 unspecified atom stereocenters. The molecule has 2 bridgehead atoms. The van der Waals surface area contributed by atoms with Crippen LogP contribution in [0, 0.1) is 17.8 Å². The number of rotatable bonds is 4. The second kappa shape index (κ2) is 5.64. The first-order valence-electron chi connectivity index (χ1n) is 7.69. The Morgan fingerprint density at radius 1 is 1.16 bits per heavy atom. The van der Waals surface area contributed by atoms with Crippen LogP contribution in [0.15, 0.2) is 24.3 Å². The van der Waals surface area contributed by atoms with Crippen molar-refractivity contribution >= 4 is 0 Å². The number of hydrogen-bond acceptors (Lipinski definition) is 2. The van der Waals surface area contributed by atoms with E-state index in [4.69, 9.17) is 5.11 Å². The largest absolute Gasteiger partial charge is 0.396 e. The molecule has 2 heteroatoms. The van der Waals surface area contributed by atoms with E-state index >= 15 is 0 Å². The van der Waals surface area contributed by atoms with Gasteiger partial charge in [0, 0.05) is 19.2 Å². The Bertz CT molecular complexity index is 398. The topological polar surface area (TPSA) is 32.3 Å². The second-order valence-electron chi connectivity index (χ2n) is 6.50. The van der Waals surface area contributed by atoms with Gasteiger partial charge >= 0.3 is 0 Å². The normalized spacial score (nSPS) is 30.7. The molecule has 0 saturated heterocycles. The van der Waals surface area contributed by atoms with Crippen molar-refractivity contribution in [3.63, 3.8) is 0 Å². The highest BCUT2D eigenvalue weighted by molar-refractivity contribution is 5.30. The van der Waals surface area contributed by atoms with E-state index in [1.165, 1.54) is 25.7 Å². The van der Waals surface area contributed by atoms with Gasteiger partial charge in [-0.2, -0.15) is 0 Å². The molecule has 0 heterocycles. The molecule has 1 aromatic rings. The highest BCUT2D eigenvalue weighted by Gasteiger charge is 2.38. The predicted molar refractivity (Wildman–Crippen MR) is 78.1 cm³/mol. The van der Waals surface area contributed by atoms with Crippen LogP contribution in [0.4, 0.5) is 0 Å². The van der Waals surface area contributed by atoms with Gasteiger partial charge in [-0.1, -0.05) is 31.2 Å². The minimum atomic E-state index is 0.287. The van der Waals surface area contributed by atoms with Crippen molar-refractivity contribution in [2.45, 2.75) is 38.6 Å². The fraction of sp³-hybridized carbons (Fsp3) is 0.647. The number of benzene rings is 1. The van der Waals surface area contributed by atoms with E-state index in [9.17, 15) is 0 Å². The monoisotopic (exact) mass is 259 g/mol. The molecule has 0 aliphatic heterocycles. The summed E-state index contributed by atoms with van der Waals surface area (Å²) < 4.78 is 0. The van der Waals surface area contributed by atoms with E-state index in [1.54, 1.807) is 11.1 Å². The maximum Gasteiger partial charge on any atom is 0.0468 e. The minimum Gasteiger partial charge on any atom is -0.396 e. The van der Waals surface area contributed by atoms with Crippen molar-refractivity contribution < 1.29 is 5.11 Å². The lowest BCUT2D eigenvalue weighted by Crippen LogP contribution is -2.40. The van der Waals surface area contributed by atoms with Crippen molar-refractivity contribution in [1.82, 2.24) is 5.32 Å². The van der Waals surface area contributed by atoms with E-state index in [0.717, 1.165) is 18.4 Å². The molecule has 0 radical (unpaired) electrons. The highest BCUT2D eigenvalue weighted by atomic mass is 16.3. The Balaban J connectivity index is 1.72. The summed E-state index contributed by atoms with van der Waals surface area (Å²) in [6.07, 6.45) is 5.20. The first-order valence-corrected chi connectivity index (χ1v) is 7.69. The lowest BCUT2D eigenvalue weighted by Gasteiger charge is -2.25. The molecule has 0 amide bonds. The molecule has 1 aromatic carbocycles. The van der Waals surface area contributed by atoms with Gasteiger partial charge in [-0.05, 0) is 54.6 Å². The van der Waals surface area contributed by atoms with Gasteiger partial charge in [0.15, 0.2) is 0 Å². The molecule has 0 aromatic heterocycles. The summed E-state index contributed by atoms with van der Waals surface area (Å²) in [4.78, 5) is 0. The maximum atomic E-state index is 9.17. The standard InChI is InChI=1S/C17H25NO/c1-12(11-19)10-18-17-15-6-7-16(17)9-14-5-3-2-4-13(14)8-15/h2-5,12,15-19H,6-11H2,1H3. The van der Waals surface area contributed by atoms with Crippen molar-refractivity contribution in [3.05, 3.63) is 35.4 Å². The third-order valence-corrected chi connectivity index (χ3v) is 5.02. The van der Waals surface area contributed by atoms with E-state index < -0.39 is 0 Å². The lowest BCUT2D eigenvalue weighted by molar-refractivity contribution is 0.220. The van der Waals surface area contributed by atoms with E-state index in [1.807, 2.05) is 0 Å². The molecule has 2 N–H and O–H groups in total. The summed E-state index contributed by atoms with van der Waals surface area (Å²) >= 11 is 0. The van der Waals surface area contributed by atoms with Gasteiger partial charge in [0.05, 0.1) is 0 Å². The zero-order valence-electron chi connectivity index (χ0n) is 11.8. The summed E-state index contributed by atoms with van der Waals surface area (Å²) in [5.41, 5.74) is 3.13. The van der Waals surface area contributed by atoms with E-state index in [0.29, 0.717) is 12.0 Å². The van der Waals surface area contributed by atoms with Crippen molar-refractivity contribution in [3.8, 4) is 0 Å². The van der Waals surface area contributed by atoms with Gasteiger partial charge in [0.1, 0.15) is 0 Å². The summed E-state index contributed by atoms with van der Waals surface area (Å²) in [5.74, 6) is 1.95. The van der Waals surface area contributed by atoms with Crippen molar-refractivity contribution in [2.75, 3.05) is 13.2 Å². The third-order valence-electron chi connectivity index (χ3n) is 5.02. The van der Waals surface area contributed by atoms with Crippen LogP contribution < -0.4 is 5.32 Å². The molecule has 1 saturated carbocycles. The Morgan fingerprint density at radius 2 is 1.74 bits per heavy atom. The molecule has 1 fully saturated rings. The summed E-state index contributed by atoms with van der Waals surface area (Å²) in [6, 6.07) is 9.62. The van der Waals surface area contributed by atoms with Crippen LogP contribution in [0.5, 0.6) is 0 Å². The first kappa shape index (κ1) is 13.1. The average Bonchev–Trinajstić information content (AvgIpc) is 2.70. The summed E-state index contributed by atoms with van der Waals surface area (Å²) in [6.45, 7) is 3.35. The molecule has 104 valence electrons.